The van der Waals surface area contributed by atoms with Crippen LogP contribution in [0.4, 0.5) is 0 Å². The predicted octanol–water partition coefficient (Wildman–Crippen LogP) is 2.59. The highest BCUT2D eigenvalue weighted by atomic mass is 127. The van der Waals surface area contributed by atoms with Gasteiger partial charge < -0.3 is 15.2 Å². The summed E-state index contributed by atoms with van der Waals surface area (Å²) in [6.45, 7) is 9.98. The van der Waals surface area contributed by atoms with Gasteiger partial charge in [-0.15, -0.1) is 34.2 Å². The van der Waals surface area contributed by atoms with Crippen LogP contribution in [0.1, 0.15) is 52.3 Å². The first-order chi connectivity index (χ1) is 10.3. The minimum Gasteiger partial charge on any atom is -0.356 e. The highest BCUT2D eigenvalue weighted by molar-refractivity contribution is 14.0. The largest absolute Gasteiger partial charge is 0.356 e. The van der Waals surface area contributed by atoms with E-state index in [-0.39, 0.29) is 24.0 Å². The standard InChI is InChI=1S/C15H30N6.HI/c1-4-7-8-10-17-15(16-9-5-2)18-11-12-21-13-19-20-14(21)6-3;/h13H,4-12H2,1-3H3,(H2,16,17,18);1H. The van der Waals surface area contributed by atoms with Gasteiger partial charge in [0.2, 0.25) is 0 Å². The van der Waals surface area contributed by atoms with Crippen LogP contribution in [-0.2, 0) is 13.0 Å². The molecule has 1 heterocycles. The summed E-state index contributed by atoms with van der Waals surface area (Å²) in [5.74, 6) is 1.94. The zero-order valence-corrected chi connectivity index (χ0v) is 16.5. The van der Waals surface area contributed by atoms with Gasteiger partial charge in [-0.2, -0.15) is 0 Å². The Labute approximate surface area is 151 Å². The fourth-order valence-electron chi connectivity index (χ4n) is 2.01. The van der Waals surface area contributed by atoms with Gasteiger partial charge in [0.25, 0.3) is 0 Å². The number of halogens is 1. The van der Waals surface area contributed by atoms with Crippen LogP contribution < -0.4 is 10.6 Å². The molecule has 0 aliphatic heterocycles. The van der Waals surface area contributed by atoms with Gasteiger partial charge in [-0.3, -0.25) is 4.99 Å². The summed E-state index contributed by atoms with van der Waals surface area (Å²) in [5, 5.41) is 14.8. The summed E-state index contributed by atoms with van der Waals surface area (Å²) < 4.78 is 2.08. The number of guanidine groups is 1. The molecule has 0 saturated carbocycles. The average molecular weight is 422 g/mol. The number of aliphatic imine (C=N–C) groups is 1. The van der Waals surface area contributed by atoms with E-state index in [0.29, 0.717) is 0 Å². The molecule has 0 saturated heterocycles. The van der Waals surface area contributed by atoms with Crippen LogP contribution in [-0.4, -0.2) is 40.4 Å². The van der Waals surface area contributed by atoms with E-state index in [1.807, 2.05) is 0 Å². The van der Waals surface area contributed by atoms with Gasteiger partial charge in [0.15, 0.2) is 5.96 Å². The summed E-state index contributed by atoms with van der Waals surface area (Å²) >= 11 is 0. The fourth-order valence-corrected chi connectivity index (χ4v) is 2.01. The van der Waals surface area contributed by atoms with E-state index >= 15 is 0 Å². The summed E-state index contributed by atoms with van der Waals surface area (Å²) in [6, 6.07) is 0. The van der Waals surface area contributed by atoms with Gasteiger partial charge in [-0.1, -0.05) is 33.6 Å². The van der Waals surface area contributed by atoms with Crippen molar-refractivity contribution in [1.82, 2.24) is 25.4 Å². The minimum atomic E-state index is 0. The predicted molar refractivity (Wildman–Crippen MR) is 103 cm³/mol. The second kappa shape index (κ2) is 13.8. The van der Waals surface area contributed by atoms with Crippen molar-refractivity contribution in [3.05, 3.63) is 12.2 Å². The van der Waals surface area contributed by atoms with E-state index in [1.165, 1.54) is 19.3 Å². The number of nitrogens with one attached hydrogen (secondary N) is 2. The lowest BCUT2D eigenvalue weighted by molar-refractivity contribution is 0.625. The average Bonchev–Trinajstić information content (AvgIpc) is 2.95. The normalized spacial score (nSPS) is 11.1. The van der Waals surface area contributed by atoms with Crippen molar-refractivity contribution in [3.8, 4) is 0 Å². The smallest absolute Gasteiger partial charge is 0.191 e. The minimum absolute atomic E-state index is 0. The molecule has 6 nitrogen and oxygen atoms in total. The molecular weight excluding hydrogens is 391 g/mol. The molecule has 1 aromatic heterocycles. The highest BCUT2D eigenvalue weighted by Gasteiger charge is 2.02. The molecule has 1 rings (SSSR count). The van der Waals surface area contributed by atoms with Gasteiger partial charge in [0.1, 0.15) is 12.2 Å². The number of hydrogen-bond donors (Lipinski definition) is 2. The van der Waals surface area contributed by atoms with Gasteiger partial charge in [0, 0.05) is 32.6 Å². The summed E-state index contributed by atoms with van der Waals surface area (Å²) in [6.07, 6.45) is 7.45. The second-order valence-electron chi connectivity index (χ2n) is 5.09. The summed E-state index contributed by atoms with van der Waals surface area (Å²) in [5.41, 5.74) is 0. The Morgan fingerprint density at radius 2 is 1.91 bits per heavy atom. The Morgan fingerprint density at radius 1 is 1.14 bits per heavy atom. The number of rotatable bonds is 10. The number of unbranched alkanes of at least 4 members (excludes halogenated alkanes) is 2. The molecule has 2 N–H and O–H groups in total. The van der Waals surface area contributed by atoms with Gasteiger partial charge in [0.05, 0.1) is 0 Å². The SMILES string of the molecule is CCCCCNC(=NCCC)NCCn1cnnc1CC.I. The number of aryl methyl sites for hydroxylation is 1. The lowest BCUT2D eigenvalue weighted by atomic mass is 10.2. The van der Waals surface area contributed by atoms with Crippen LogP contribution in [0, 0.1) is 0 Å². The molecule has 0 bridgehead atoms. The molecule has 1 aromatic rings. The summed E-state index contributed by atoms with van der Waals surface area (Å²) in [7, 11) is 0. The monoisotopic (exact) mass is 422 g/mol. The molecule has 0 unspecified atom stereocenters. The Hall–Kier alpha value is -0.860. The lowest BCUT2D eigenvalue weighted by Crippen LogP contribution is -2.39. The Kier molecular flexibility index (Phi) is 13.2. The topological polar surface area (TPSA) is 67.1 Å². The Bertz CT molecular complexity index is 404. The van der Waals surface area contributed by atoms with E-state index < -0.39 is 0 Å². The molecule has 22 heavy (non-hydrogen) atoms. The quantitative estimate of drug-likeness (QED) is 0.263. The van der Waals surface area contributed by atoms with E-state index in [4.69, 9.17) is 0 Å². The van der Waals surface area contributed by atoms with Crippen molar-refractivity contribution in [2.24, 2.45) is 4.99 Å². The molecule has 128 valence electrons. The van der Waals surface area contributed by atoms with Crippen LogP contribution in [0.2, 0.25) is 0 Å². The van der Waals surface area contributed by atoms with Gasteiger partial charge >= 0.3 is 0 Å². The van der Waals surface area contributed by atoms with Gasteiger partial charge in [-0.25, -0.2) is 0 Å². The molecule has 0 amide bonds. The van der Waals surface area contributed by atoms with Crippen molar-refractivity contribution in [2.45, 2.75) is 59.4 Å². The molecule has 0 spiro atoms. The second-order valence-corrected chi connectivity index (χ2v) is 5.09. The van der Waals surface area contributed by atoms with Crippen molar-refractivity contribution in [3.63, 3.8) is 0 Å². The maximum Gasteiger partial charge on any atom is 0.191 e. The first-order valence-electron chi connectivity index (χ1n) is 8.20. The van der Waals surface area contributed by atoms with Crippen LogP contribution in [0.5, 0.6) is 0 Å². The Morgan fingerprint density at radius 3 is 2.59 bits per heavy atom. The van der Waals surface area contributed by atoms with Crippen LogP contribution >= 0.6 is 24.0 Å². The zero-order valence-electron chi connectivity index (χ0n) is 14.1. The van der Waals surface area contributed by atoms with Crippen molar-refractivity contribution in [1.29, 1.82) is 0 Å². The van der Waals surface area contributed by atoms with Crippen molar-refractivity contribution in [2.75, 3.05) is 19.6 Å². The molecule has 0 aliphatic carbocycles. The fraction of sp³-hybridized carbons (Fsp3) is 0.800. The first kappa shape index (κ1) is 21.1. The lowest BCUT2D eigenvalue weighted by Gasteiger charge is -2.13. The van der Waals surface area contributed by atoms with Crippen molar-refractivity contribution >= 4 is 29.9 Å². The number of aromatic nitrogens is 3. The molecule has 7 heteroatoms. The molecular formula is C15H31IN6. The Balaban J connectivity index is 0.00000441. The molecule has 0 aromatic carbocycles. The van der Waals surface area contributed by atoms with Crippen molar-refractivity contribution < 1.29 is 0 Å². The van der Waals surface area contributed by atoms with Gasteiger partial charge in [-0.05, 0) is 12.8 Å². The maximum absolute atomic E-state index is 4.56. The van der Waals surface area contributed by atoms with E-state index in [1.54, 1.807) is 6.33 Å². The molecule has 0 radical (unpaired) electrons. The van der Waals surface area contributed by atoms with Crippen LogP contribution in [0.25, 0.3) is 0 Å². The third-order valence-electron chi connectivity index (χ3n) is 3.22. The zero-order chi connectivity index (χ0) is 15.3. The summed E-state index contributed by atoms with van der Waals surface area (Å²) in [4.78, 5) is 4.56. The maximum atomic E-state index is 4.56. The van der Waals surface area contributed by atoms with E-state index in [9.17, 15) is 0 Å². The van der Waals surface area contributed by atoms with Crippen LogP contribution in [0.3, 0.4) is 0 Å². The molecule has 0 fully saturated rings. The third kappa shape index (κ3) is 8.55. The third-order valence-corrected chi connectivity index (χ3v) is 3.22. The molecule has 0 atom stereocenters. The van der Waals surface area contributed by atoms with E-state index in [0.717, 1.165) is 50.8 Å². The van der Waals surface area contributed by atoms with Crippen LogP contribution in [0.15, 0.2) is 11.3 Å². The first-order valence-corrected chi connectivity index (χ1v) is 8.20. The number of nitrogens with zero attached hydrogens (tertiary/aromatic N) is 4. The number of hydrogen-bond acceptors (Lipinski definition) is 3. The van der Waals surface area contributed by atoms with E-state index in [2.05, 4.69) is 51.2 Å². The highest BCUT2D eigenvalue weighted by Crippen LogP contribution is 1.95. The molecule has 0 aliphatic rings.